The van der Waals surface area contributed by atoms with E-state index in [1.54, 1.807) is 0 Å². The van der Waals surface area contributed by atoms with Crippen molar-refractivity contribution in [2.75, 3.05) is 26.2 Å². The van der Waals surface area contributed by atoms with Crippen LogP contribution in [0.1, 0.15) is 34.6 Å². The number of carbonyl (C=O) groups excluding carboxylic acids is 2. The third-order valence-corrected chi connectivity index (χ3v) is 1.42. The molecule has 0 amide bonds. The van der Waals surface area contributed by atoms with Gasteiger partial charge in [-0.3, -0.25) is 18.5 Å². The summed E-state index contributed by atoms with van der Waals surface area (Å²) in [5.41, 5.74) is 0. The molecule has 0 aliphatic carbocycles. The van der Waals surface area contributed by atoms with E-state index in [0.717, 1.165) is 19.6 Å². The van der Waals surface area contributed by atoms with Crippen LogP contribution in [0.25, 0.3) is 4.85 Å². The monoisotopic (exact) mass is 343 g/mol. The summed E-state index contributed by atoms with van der Waals surface area (Å²) in [6, 6.07) is 0. The Bertz CT molecular complexity index is 153. The van der Waals surface area contributed by atoms with Gasteiger partial charge in [-0.2, -0.15) is 20.8 Å². The molecule has 106 valence electrons. The van der Waals surface area contributed by atoms with Crippen molar-refractivity contribution in [3.05, 3.63) is 17.3 Å². The van der Waals surface area contributed by atoms with Gasteiger partial charge in [-0.1, -0.05) is 13.8 Å². The average Bonchev–Trinajstić information content (AvgIpc) is 2.35. The van der Waals surface area contributed by atoms with Crippen LogP contribution in [-0.2, 0) is 29.1 Å². The van der Waals surface area contributed by atoms with Crippen LogP contribution in [0.2, 0.25) is 0 Å². The first-order chi connectivity index (χ1) is 8.08. The zero-order valence-electron chi connectivity index (χ0n) is 12.0. The summed E-state index contributed by atoms with van der Waals surface area (Å²) in [5, 5.41) is 0. The molecule has 0 radical (unpaired) electrons. The molecule has 0 unspecified atom stereocenters. The van der Waals surface area contributed by atoms with Crippen LogP contribution < -0.4 is 0 Å². The third-order valence-electron chi connectivity index (χ3n) is 1.42. The van der Waals surface area contributed by atoms with Crippen molar-refractivity contribution in [2.45, 2.75) is 34.6 Å². The Morgan fingerprint density at radius 1 is 1.06 bits per heavy atom. The summed E-state index contributed by atoms with van der Waals surface area (Å²) in [4.78, 5) is 21.0. The molecule has 0 saturated heterocycles. The zero-order valence-corrected chi connectivity index (χ0v) is 13.8. The number of hydrogen-bond donors (Lipinski definition) is 0. The minimum absolute atomic E-state index is 0. The van der Waals surface area contributed by atoms with Crippen LogP contribution in [0.3, 0.4) is 0 Å². The van der Waals surface area contributed by atoms with Crippen molar-refractivity contribution < 1.29 is 29.1 Å². The quantitative estimate of drug-likeness (QED) is 0.447. The Kier molecular flexibility index (Phi) is 60.8. The van der Waals surface area contributed by atoms with Crippen molar-refractivity contribution in [3.63, 3.8) is 0 Å². The predicted molar refractivity (Wildman–Crippen MR) is 73.0 cm³/mol. The van der Waals surface area contributed by atoms with Gasteiger partial charge in [0.15, 0.2) is 0 Å². The van der Waals surface area contributed by atoms with Gasteiger partial charge in [-0.15, -0.1) is 0 Å². The Labute approximate surface area is 126 Å². The van der Waals surface area contributed by atoms with Crippen LogP contribution >= 0.6 is 0 Å². The minimum atomic E-state index is 0. The van der Waals surface area contributed by atoms with Crippen molar-refractivity contribution in [3.8, 4) is 0 Å². The number of likely N-dealkylation sites (N-methyl/N-ethyl adjacent to an activating group) is 1. The smallest absolute Gasteiger partial charge is 0.545 e. The first-order valence-corrected chi connectivity index (χ1v) is 5.37. The van der Waals surface area contributed by atoms with Gasteiger partial charge in [0.05, 0.1) is 6.54 Å². The first-order valence-electron chi connectivity index (χ1n) is 5.37. The minimum Gasteiger partial charge on any atom is -0.545 e. The van der Waals surface area contributed by atoms with Gasteiger partial charge in [0.1, 0.15) is 0 Å². The van der Waals surface area contributed by atoms with E-state index < -0.39 is 0 Å². The van der Waals surface area contributed by atoms with E-state index in [0.29, 0.717) is 6.54 Å². The van der Waals surface area contributed by atoms with E-state index in [1.807, 2.05) is 0 Å². The molecule has 0 aromatic heterocycles. The second-order valence-electron chi connectivity index (χ2n) is 3.41. The van der Waals surface area contributed by atoms with Crippen molar-refractivity contribution in [1.82, 2.24) is 4.90 Å². The molecule has 0 N–H and O–H groups in total. The number of rotatable bonds is 4. The van der Waals surface area contributed by atoms with Gasteiger partial charge < -0.3 is 20.4 Å². The molecule has 0 aromatic carbocycles. The average molecular weight is 342 g/mol. The second-order valence-corrected chi connectivity index (χ2v) is 3.41. The maximum absolute atomic E-state index is 7.75. The molecular formula is C13H25N2O2Ru+. The summed E-state index contributed by atoms with van der Waals surface area (Å²) < 4.78 is 0. The van der Waals surface area contributed by atoms with Crippen molar-refractivity contribution in [2.24, 2.45) is 0 Å². The summed E-state index contributed by atoms with van der Waals surface area (Å²) in [7, 11) is 0. The normalized spacial score (nSPS) is 7.22. The molecule has 5 heteroatoms. The van der Waals surface area contributed by atoms with Gasteiger partial charge >= 0.3 is 19.5 Å². The third kappa shape index (κ3) is 58.3. The molecule has 4 nitrogen and oxygen atoms in total. The molecule has 0 aliphatic heterocycles. The van der Waals surface area contributed by atoms with E-state index in [4.69, 9.17) is 16.2 Å². The van der Waals surface area contributed by atoms with Crippen LogP contribution in [0.5, 0.6) is 0 Å². The molecule has 0 rings (SSSR count). The zero-order chi connectivity index (χ0) is 14.7. The largest absolute Gasteiger partial charge is 4.00 e. The molecule has 0 heterocycles. The maximum Gasteiger partial charge on any atom is 4.00 e. The van der Waals surface area contributed by atoms with Gasteiger partial charge in [0.2, 0.25) is 6.54 Å². The summed E-state index contributed by atoms with van der Waals surface area (Å²) in [5.74, 6) is 1.42. The number of hydrogen-bond acceptors (Lipinski definition) is 3. The fourth-order valence-electron chi connectivity index (χ4n) is 0.731. The Hall–Kier alpha value is -0.587. The van der Waals surface area contributed by atoms with Crippen LogP contribution in [0.4, 0.5) is 0 Å². The fraction of sp³-hybridized carbons (Fsp3) is 0.692. The maximum atomic E-state index is 7.75. The molecule has 0 spiro atoms. The van der Waals surface area contributed by atoms with Crippen molar-refractivity contribution >= 4 is 13.6 Å². The van der Waals surface area contributed by atoms with Crippen LogP contribution in [0.15, 0.2) is 0 Å². The topological polar surface area (TPSA) is 41.7 Å². The summed E-state index contributed by atoms with van der Waals surface area (Å²) >= 11 is 0. The van der Waals surface area contributed by atoms with Gasteiger partial charge in [-0.05, 0) is 13.1 Å². The molecule has 0 bridgehead atoms. The fourth-order valence-corrected chi connectivity index (χ4v) is 0.731. The number of nitrogens with zero attached hydrogens (tertiary/aromatic N) is 2. The van der Waals surface area contributed by atoms with Crippen LogP contribution in [-0.4, -0.2) is 44.7 Å². The molecule has 0 atom stereocenters. The Morgan fingerprint density at radius 2 is 1.33 bits per heavy atom. The SMILES string of the molecule is C[C-](C)C.[C-]#[N+]CCN(CC)CC.[CH-]=O.[CH-]=O.[Ru+4]. The van der Waals surface area contributed by atoms with Gasteiger partial charge in [-0.25, -0.2) is 6.57 Å². The van der Waals surface area contributed by atoms with E-state index >= 15 is 0 Å². The standard InChI is InChI=1S/C7H14N2.C4H9.2CHO.Ru/c1-4-9(5-2)7-6-8-3;1-4(2)3;2*1-2;/h4-7H2,1-2H3;1-3H3;2*1H;/q;3*-1;+4. The molecule has 0 aromatic rings. The summed E-state index contributed by atoms with van der Waals surface area (Å²) in [6.45, 7) is 27.2. The molecule has 18 heavy (non-hydrogen) atoms. The molecule has 0 saturated carbocycles. The molecular weight excluding hydrogens is 317 g/mol. The van der Waals surface area contributed by atoms with E-state index in [2.05, 4.69) is 57.9 Å². The van der Waals surface area contributed by atoms with Crippen molar-refractivity contribution in [1.29, 1.82) is 0 Å². The first kappa shape index (κ1) is 30.4. The molecule has 0 fully saturated rings. The predicted octanol–water partition coefficient (Wildman–Crippen LogP) is 2.32. The van der Waals surface area contributed by atoms with Crippen LogP contribution in [0, 0.1) is 12.5 Å². The van der Waals surface area contributed by atoms with Gasteiger partial charge in [0, 0.05) is 0 Å². The Morgan fingerprint density at radius 3 is 1.50 bits per heavy atom. The molecule has 0 aliphatic rings. The van der Waals surface area contributed by atoms with E-state index in [9.17, 15) is 0 Å². The van der Waals surface area contributed by atoms with Gasteiger partial charge in [0.25, 0.3) is 0 Å². The summed E-state index contributed by atoms with van der Waals surface area (Å²) in [6.07, 6.45) is 0. The second kappa shape index (κ2) is 36.0. The van der Waals surface area contributed by atoms with E-state index in [-0.39, 0.29) is 19.5 Å². The Balaban J connectivity index is -0.0000000532. The van der Waals surface area contributed by atoms with E-state index in [1.165, 1.54) is 5.92 Å².